The van der Waals surface area contributed by atoms with E-state index >= 15 is 0 Å². The van der Waals surface area contributed by atoms with Gasteiger partial charge in [0, 0.05) is 86.6 Å². The third kappa shape index (κ3) is 7.36. The minimum Gasteiger partial charge on any atom is -0.489 e. The van der Waals surface area contributed by atoms with Crippen LogP contribution in [0, 0.1) is 34.0 Å². The van der Waals surface area contributed by atoms with Crippen LogP contribution in [-0.2, 0) is 9.59 Å². The fourth-order valence-electron chi connectivity index (χ4n) is 11.7. The van der Waals surface area contributed by atoms with Crippen LogP contribution in [0.25, 0.3) is 0 Å². The molecule has 0 bridgehead atoms. The number of nitrogens with one attached hydrogen (secondary N) is 2. The van der Waals surface area contributed by atoms with E-state index in [0.29, 0.717) is 50.9 Å². The summed E-state index contributed by atoms with van der Waals surface area (Å²) < 4.78 is 6.39. The molecule has 14 nitrogen and oxygen atoms in total. The first-order valence-electron chi connectivity index (χ1n) is 21.9. The molecule has 9 rings (SSSR count). The third-order valence-corrected chi connectivity index (χ3v) is 15.0. The van der Waals surface area contributed by atoms with Crippen molar-refractivity contribution in [2.24, 2.45) is 22.7 Å². The van der Waals surface area contributed by atoms with Crippen LogP contribution in [0.15, 0.2) is 54.7 Å². The number of fused-ring (bicyclic) bond motifs is 2. The van der Waals surface area contributed by atoms with Gasteiger partial charge in [-0.05, 0) is 86.4 Å². The number of aromatic nitrogens is 1. The molecule has 5 fully saturated rings. The summed E-state index contributed by atoms with van der Waals surface area (Å²) in [6, 6.07) is 15.8. The Morgan fingerprint density at radius 2 is 1.63 bits per heavy atom. The number of rotatable bonds is 8. The quantitative estimate of drug-likeness (QED) is 0.277. The van der Waals surface area contributed by atoms with Crippen molar-refractivity contribution in [3.05, 3.63) is 82.0 Å². The summed E-state index contributed by atoms with van der Waals surface area (Å²) >= 11 is 6.26. The summed E-state index contributed by atoms with van der Waals surface area (Å²) in [4.78, 5) is 77.4. The molecule has 2 aromatic carbocycles. The van der Waals surface area contributed by atoms with Gasteiger partial charge in [0.1, 0.15) is 29.8 Å². The molecule has 62 heavy (non-hydrogen) atoms. The fraction of sp³-hybridized carbons (Fsp3) is 0.511. The maximum Gasteiger partial charge on any atom is 0.262 e. The van der Waals surface area contributed by atoms with E-state index in [4.69, 9.17) is 21.3 Å². The highest BCUT2D eigenvalue weighted by molar-refractivity contribution is 6.31. The summed E-state index contributed by atoms with van der Waals surface area (Å²) in [5.41, 5.74) is 1.69. The van der Waals surface area contributed by atoms with Crippen molar-refractivity contribution >= 4 is 52.6 Å². The Morgan fingerprint density at radius 3 is 2.32 bits per heavy atom. The van der Waals surface area contributed by atoms with Gasteiger partial charge in [0.25, 0.3) is 17.7 Å². The van der Waals surface area contributed by atoms with Crippen molar-refractivity contribution in [2.45, 2.75) is 90.4 Å². The van der Waals surface area contributed by atoms with Gasteiger partial charge in [-0.15, -0.1) is 0 Å². The number of hydrogen-bond acceptors (Lipinski definition) is 11. The molecular formula is C47H53ClN8O6. The number of amides is 5. The van der Waals surface area contributed by atoms with E-state index in [1.54, 1.807) is 36.5 Å². The van der Waals surface area contributed by atoms with Crippen LogP contribution < -0.4 is 25.2 Å². The van der Waals surface area contributed by atoms with Crippen molar-refractivity contribution in [2.75, 3.05) is 49.1 Å². The molecule has 4 atom stereocenters. The van der Waals surface area contributed by atoms with Crippen molar-refractivity contribution in [1.82, 2.24) is 25.4 Å². The molecule has 4 aliphatic heterocycles. The highest BCUT2D eigenvalue weighted by Gasteiger charge is 2.64. The van der Waals surface area contributed by atoms with E-state index in [9.17, 15) is 29.2 Å². The van der Waals surface area contributed by atoms with E-state index in [1.807, 2.05) is 18.2 Å². The summed E-state index contributed by atoms with van der Waals surface area (Å²) in [6.07, 6.45) is 6.31. The number of ether oxygens (including phenoxy) is 1. The van der Waals surface area contributed by atoms with E-state index in [1.165, 1.54) is 6.42 Å². The molecule has 1 aromatic heterocycles. The zero-order chi connectivity index (χ0) is 43.7. The zero-order valence-corrected chi connectivity index (χ0v) is 36.4. The first-order chi connectivity index (χ1) is 29.6. The highest BCUT2D eigenvalue weighted by Crippen LogP contribution is 2.55. The number of pyridine rings is 1. The van der Waals surface area contributed by atoms with Crippen LogP contribution in [0.3, 0.4) is 0 Å². The molecule has 2 aliphatic carbocycles. The van der Waals surface area contributed by atoms with Crippen LogP contribution >= 0.6 is 11.6 Å². The van der Waals surface area contributed by atoms with Gasteiger partial charge in [0.05, 0.1) is 27.3 Å². The van der Waals surface area contributed by atoms with Gasteiger partial charge < -0.3 is 19.9 Å². The number of anilines is 2. The Morgan fingerprint density at radius 1 is 0.871 bits per heavy atom. The van der Waals surface area contributed by atoms with E-state index < -0.39 is 29.7 Å². The molecule has 3 saturated heterocycles. The van der Waals surface area contributed by atoms with E-state index in [2.05, 4.69) is 59.1 Å². The van der Waals surface area contributed by atoms with E-state index in [0.717, 1.165) is 74.9 Å². The minimum absolute atomic E-state index is 0.0919. The molecule has 0 radical (unpaired) electrons. The normalized spacial score (nSPS) is 28.0. The zero-order valence-electron chi connectivity index (χ0n) is 35.7. The van der Waals surface area contributed by atoms with Crippen LogP contribution in [0.5, 0.6) is 5.75 Å². The van der Waals surface area contributed by atoms with Crippen molar-refractivity contribution in [1.29, 1.82) is 5.26 Å². The number of hydrogen-bond donors (Lipinski definition) is 2. The van der Waals surface area contributed by atoms with Gasteiger partial charge in [0.15, 0.2) is 0 Å². The van der Waals surface area contributed by atoms with Gasteiger partial charge in [-0.1, -0.05) is 39.3 Å². The first kappa shape index (κ1) is 41.8. The largest absolute Gasteiger partial charge is 0.489 e. The number of imide groups is 2. The van der Waals surface area contributed by atoms with Crippen LogP contribution in [0.4, 0.5) is 11.5 Å². The standard InChI is InChI=1S/C47H53ClN8O6/c1-46(2)44(47(3,4)45(46)62-33-10-6-28(24-49)36(48)23-33)52-40(58)29-7-13-38(50-25-29)55-16-15-27-21-31(8-5-30(27)26-55)53-17-19-54(20-18-53)32-9-11-34-35(22-32)43(61)56(42(34)60)37-12-14-39(57)51-41(37)59/h6-7,9-11,13,22-23,25,27,30-31,37,44-45H,5,8,12,14-21,26H2,1-4H3,(H,52,58)(H,51,57,59)/t27-,30-,31-,37?,44?,45?/m1/s1. The number of halogens is 1. The second-order valence-electron chi connectivity index (χ2n) is 19.1. The smallest absolute Gasteiger partial charge is 0.262 e. The number of nitrogens with zero attached hydrogens (tertiary/aromatic N) is 6. The molecule has 2 N–H and O–H groups in total. The van der Waals surface area contributed by atoms with Gasteiger partial charge in [-0.25, -0.2) is 4.98 Å². The Bertz CT molecular complexity index is 2360. The first-order valence-corrected chi connectivity index (χ1v) is 22.2. The predicted molar refractivity (Wildman–Crippen MR) is 232 cm³/mol. The van der Waals surface area contributed by atoms with Crippen LogP contribution in [-0.4, -0.2) is 108 Å². The molecule has 15 heteroatoms. The Kier molecular flexibility index (Phi) is 10.8. The number of piperidine rings is 2. The summed E-state index contributed by atoms with van der Waals surface area (Å²) in [5, 5.41) is 15.1. The average molecular weight is 861 g/mol. The highest BCUT2D eigenvalue weighted by atomic mass is 35.5. The molecule has 3 aromatic rings. The number of nitriles is 1. The van der Waals surface area contributed by atoms with Crippen molar-refractivity contribution in [3.8, 4) is 11.8 Å². The minimum atomic E-state index is -0.974. The summed E-state index contributed by atoms with van der Waals surface area (Å²) in [7, 11) is 0. The maximum atomic E-state index is 13.6. The van der Waals surface area contributed by atoms with Gasteiger partial charge in [-0.2, -0.15) is 5.26 Å². The van der Waals surface area contributed by atoms with Crippen molar-refractivity contribution in [3.63, 3.8) is 0 Å². The van der Waals surface area contributed by atoms with E-state index in [-0.39, 0.29) is 41.7 Å². The second kappa shape index (κ2) is 16.0. The molecule has 324 valence electrons. The average Bonchev–Trinajstić information content (AvgIpc) is 3.51. The summed E-state index contributed by atoms with van der Waals surface area (Å²) in [5.74, 6) is 0.614. The molecule has 5 heterocycles. The number of benzene rings is 2. The fourth-order valence-corrected chi connectivity index (χ4v) is 11.9. The SMILES string of the molecule is CC1(C)C(NC(=O)c2ccc(N3CC[C@@H]4C[C@H](N5CCN(c6ccc7c(c6)C(=O)N(C6CCC(=O)NC6=O)C7=O)CC5)CC[C@@H]4C3)nc2)C(C)(C)C1Oc1ccc(C#N)c(Cl)c1. The molecular weight excluding hydrogens is 808 g/mol. The predicted octanol–water partition coefficient (Wildman–Crippen LogP) is 5.44. The molecule has 2 saturated carbocycles. The lowest BCUT2D eigenvalue weighted by molar-refractivity contribution is -0.164. The van der Waals surface area contributed by atoms with Crippen molar-refractivity contribution < 1.29 is 28.7 Å². The molecule has 1 unspecified atom stereocenters. The van der Waals surface area contributed by atoms with Gasteiger partial charge in [0.2, 0.25) is 11.8 Å². The van der Waals surface area contributed by atoms with Gasteiger partial charge >= 0.3 is 0 Å². The summed E-state index contributed by atoms with van der Waals surface area (Å²) in [6.45, 7) is 13.7. The van der Waals surface area contributed by atoms with Crippen LogP contribution in [0.2, 0.25) is 5.02 Å². The molecule has 0 spiro atoms. The monoisotopic (exact) mass is 860 g/mol. The molecule has 5 amide bonds. The Balaban J connectivity index is 0.746. The van der Waals surface area contributed by atoms with Gasteiger partial charge in [-0.3, -0.25) is 39.1 Å². The number of carbonyl (C=O) groups excluding carboxylic acids is 5. The van der Waals surface area contributed by atoms with Crippen LogP contribution in [0.1, 0.15) is 103 Å². The lowest BCUT2D eigenvalue weighted by Gasteiger charge is -2.63. The maximum absolute atomic E-state index is 13.6. The number of piperazine rings is 1. The number of carbonyl (C=O) groups is 5. The lowest BCUT2D eigenvalue weighted by atomic mass is 9.49. The molecule has 6 aliphatic rings. The Hall–Kier alpha value is -5.52. The third-order valence-electron chi connectivity index (χ3n) is 14.7. The Labute approximate surface area is 366 Å². The topological polar surface area (TPSA) is 168 Å². The second-order valence-corrected chi connectivity index (χ2v) is 19.5. The lowest BCUT2D eigenvalue weighted by Crippen LogP contribution is -2.74.